The van der Waals surface area contributed by atoms with Crippen LogP contribution in [0.1, 0.15) is 20.3 Å². The summed E-state index contributed by atoms with van der Waals surface area (Å²) in [5.74, 6) is 2.45. The van der Waals surface area contributed by atoms with Crippen LogP contribution in [-0.2, 0) is 0 Å². The fourth-order valence-electron chi connectivity index (χ4n) is 2.84. The third kappa shape index (κ3) is 1.85. The lowest BCUT2D eigenvalue weighted by Crippen LogP contribution is -2.39. The summed E-state index contributed by atoms with van der Waals surface area (Å²) in [6.45, 7) is 6.75. The van der Waals surface area contributed by atoms with Gasteiger partial charge in [0.05, 0.1) is 11.6 Å². The molecule has 1 N–H and O–H groups in total. The average Bonchev–Trinajstić information content (AvgIpc) is 2.75. The van der Waals surface area contributed by atoms with E-state index in [1.807, 2.05) is 6.20 Å². The number of anilines is 1. The van der Waals surface area contributed by atoms with Crippen molar-refractivity contribution in [1.82, 2.24) is 20.2 Å². The van der Waals surface area contributed by atoms with Crippen LogP contribution in [0.25, 0.3) is 11.0 Å². The summed E-state index contributed by atoms with van der Waals surface area (Å²) in [7, 11) is 0. The lowest BCUT2D eigenvalue weighted by molar-refractivity contribution is 0.356. The monoisotopic (exact) mass is 231 g/mol. The lowest BCUT2D eigenvalue weighted by atomic mass is 9.92. The van der Waals surface area contributed by atoms with E-state index < -0.39 is 0 Å². The van der Waals surface area contributed by atoms with E-state index in [1.54, 1.807) is 6.33 Å². The minimum atomic E-state index is 0.718. The van der Waals surface area contributed by atoms with Crippen LogP contribution in [0.2, 0.25) is 0 Å². The number of rotatable bonds is 1. The predicted octanol–water partition coefficient (Wildman–Crippen LogP) is 1.84. The normalized spacial score (nSPS) is 25.4. The first-order chi connectivity index (χ1) is 8.24. The predicted molar refractivity (Wildman–Crippen MR) is 66.8 cm³/mol. The maximum absolute atomic E-state index is 4.43. The van der Waals surface area contributed by atoms with Gasteiger partial charge in [-0.15, -0.1) is 0 Å². The van der Waals surface area contributed by atoms with Crippen LogP contribution in [-0.4, -0.2) is 33.3 Å². The molecule has 1 aliphatic rings. The van der Waals surface area contributed by atoms with Crippen molar-refractivity contribution in [2.75, 3.05) is 18.0 Å². The van der Waals surface area contributed by atoms with Crippen molar-refractivity contribution in [3.05, 3.63) is 12.5 Å². The third-order valence-corrected chi connectivity index (χ3v) is 3.40. The van der Waals surface area contributed by atoms with Crippen molar-refractivity contribution < 1.29 is 0 Å². The van der Waals surface area contributed by atoms with Gasteiger partial charge < -0.3 is 4.90 Å². The molecule has 90 valence electrons. The Bertz CT molecular complexity index is 510. The molecule has 1 fully saturated rings. The molecule has 2 aromatic rings. The molecule has 0 aromatic carbocycles. The Morgan fingerprint density at radius 3 is 2.76 bits per heavy atom. The Balaban J connectivity index is 2.00. The summed E-state index contributed by atoms with van der Waals surface area (Å²) < 4.78 is 0. The Hall–Kier alpha value is -1.65. The van der Waals surface area contributed by atoms with Crippen LogP contribution in [0.4, 0.5) is 5.82 Å². The van der Waals surface area contributed by atoms with Crippen LogP contribution in [0, 0.1) is 11.8 Å². The summed E-state index contributed by atoms with van der Waals surface area (Å²) in [5, 5.41) is 7.96. The van der Waals surface area contributed by atoms with E-state index in [-0.39, 0.29) is 0 Å². The van der Waals surface area contributed by atoms with Crippen molar-refractivity contribution in [2.24, 2.45) is 11.8 Å². The SMILES string of the molecule is C[C@@H]1C[C@H](C)CN(c2ncnc3[nH]ncc23)C1. The number of aromatic nitrogens is 4. The fourth-order valence-corrected chi connectivity index (χ4v) is 2.84. The Morgan fingerprint density at radius 1 is 1.24 bits per heavy atom. The molecule has 2 aromatic heterocycles. The van der Waals surface area contributed by atoms with E-state index in [4.69, 9.17) is 0 Å². The molecule has 3 heterocycles. The number of aromatic amines is 1. The van der Waals surface area contributed by atoms with E-state index in [2.05, 4.69) is 38.9 Å². The number of piperidine rings is 1. The minimum absolute atomic E-state index is 0.718. The standard InChI is InChI=1S/C12H17N5/c1-8-3-9(2)6-17(5-8)12-10-4-15-16-11(10)13-7-14-12/h4,7-9H,3,5-6H2,1-2H3,(H,13,14,15,16)/t8-,9+. The van der Waals surface area contributed by atoms with Crippen LogP contribution in [0.15, 0.2) is 12.5 Å². The molecule has 0 amide bonds. The summed E-state index contributed by atoms with van der Waals surface area (Å²) in [4.78, 5) is 11.0. The molecule has 17 heavy (non-hydrogen) atoms. The first-order valence-electron chi connectivity index (χ1n) is 6.13. The molecule has 0 spiro atoms. The van der Waals surface area contributed by atoms with Crippen molar-refractivity contribution in [2.45, 2.75) is 20.3 Å². The second kappa shape index (κ2) is 3.98. The van der Waals surface area contributed by atoms with Gasteiger partial charge in [0.1, 0.15) is 12.1 Å². The Morgan fingerprint density at radius 2 is 2.00 bits per heavy atom. The van der Waals surface area contributed by atoms with Gasteiger partial charge in [-0.25, -0.2) is 9.97 Å². The molecule has 5 heteroatoms. The van der Waals surface area contributed by atoms with Crippen molar-refractivity contribution >= 4 is 16.9 Å². The maximum Gasteiger partial charge on any atom is 0.160 e. The van der Waals surface area contributed by atoms with Crippen molar-refractivity contribution in [3.63, 3.8) is 0 Å². The second-order valence-electron chi connectivity index (χ2n) is 5.18. The fraction of sp³-hybridized carbons (Fsp3) is 0.583. The summed E-state index contributed by atoms with van der Waals surface area (Å²) >= 11 is 0. The summed E-state index contributed by atoms with van der Waals surface area (Å²) in [5.41, 5.74) is 0.820. The average molecular weight is 231 g/mol. The van der Waals surface area contributed by atoms with E-state index in [0.29, 0.717) is 0 Å². The third-order valence-electron chi connectivity index (χ3n) is 3.40. The lowest BCUT2D eigenvalue weighted by Gasteiger charge is -2.35. The minimum Gasteiger partial charge on any atom is -0.355 e. The molecule has 0 radical (unpaired) electrons. The summed E-state index contributed by atoms with van der Waals surface area (Å²) in [6, 6.07) is 0. The van der Waals surface area contributed by atoms with E-state index in [9.17, 15) is 0 Å². The van der Waals surface area contributed by atoms with Gasteiger partial charge in [-0.3, -0.25) is 5.10 Å². The smallest absolute Gasteiger partial charge is 0.160 e. The first-order valence-corrected chi connectivity index (χ1v) is 6.13. The van der Waals surface area contributed by atoms with Crippen LogP contribution in [0.3, 0.4) is 0 Å². The Labute approximate surface area is 100 Å². The molecule has 0 bridgehead atoms. The topological polar surface area (TPSA) is 57.7 Å². The van der Waals surface area contributed by atoms with E-state index >= 15 is 0 Å². The molecule has 3 rings (SSSR count). The van der Waals surface area contributed by atoms with Gasteiger partial charge in [-0.1, -0.05) is 13.8 Å². The van der Waals surface area contributed by atoms with Gasteiger partial charge in [0.25, 0.3) is 0 Å². The van der Waals surface area contributed by atoms with Gasteiger partial charge in [0.2, 0.25) is 0 Å². The van der Waals surface area contributed by atoms with Crippen molar-refractivity contribution in [3.8, 4) is 0 Å². The van der Waals surface area contributed by atoms with Crippen LogP contribution >= 0.6 is 0 Å². The van der Waals surface area contributed by atoms with Gasteiger partial charge >= 0.3 is 0 Å². The highest BCUT2D eigenvalue weighted by atomic mass is 15.2. The zero-order valence-corrected chi connectivity index (χ0v) is 10.2. The molecule has 0 unspecified atom stereocenters. The highest BCUT2D eigenvalue weighted by molar-refractivity contribution is 5.86. The van der Waals surface area contributed by atoms with Gasteiger partial charge in [-0.2, -0.15) is 5.10 Å². The highest BCUT2D eigenvalue weighted by Crippen LogP contribution is 2.28. The first kappa shape index (κ1) is 10.5. The number of fused-ring (bicyclic) bond motifs is 1. The van der Waals surface area contributed by atoms with Crippen molar-refractivity contribution in [1.29, 1.82) is 0 Å². The summed E-state index contributed by atoms with van der Waals surface area (Å²) in [6.07, 6.45) is 4.73. The molecule has 5 nitrogen and oxygen atoms in total. The molecular weight excluding hydrogens is 214 g/mol. The molecule has 2 atom stereocenters. The number of H-pyrrole nitrogens is 1. The maximum atomic E-state index is 4.43. The zero-order valence-electron chi connectivity index (χ0n) is 10.2. The molecule has 0 saturated carbocycles. The zero-order chi connectivity index (χ0) is 11.8. The van der Waals surface area contributed by atoms with Crippen LogP contribution < -0.4 is 4.90 Å². The quantitative estimate of drug-likeness (QED) is 0.813. The Kier molecular flexibility index (Phi) is 2.46. The van der Waals surface area contributed by atoms with Gasteiger partial charge in [0, 0.05) is 13.1 Å². The number of nitrogens with one attached hydrogen (secondary N) is 1. The number of hydrogen-bond acceptors (Lipinski definition) is 4. The van der Waals surface area contributed by atoms with Crippen LogP contribution in [0.5, 0.6) is 0 Å². The van der Waals surface area contributed by atoms with E-state index in [0.717, 1.165) is 41.8 Å². The van der Waals surface area contributed by atoms with Gasteiger partial charge in [-0.05, 0) is 18.3 Å². The number of hydrogen-bond donors (Lipinski definition) is 1. The molecule has 1 aliphatic heterocycles. The van der Waals surface area contributed by atoms with Gasteiger partial charge in [0.15, 0.2) is 5.65 Å². The molecule has 1 saturated heterocycles. The number of nitrogens with zero attached hydrogens (tertiary/aromatic N) is 4. The van der Waals surface area contributed by atoms with E-state index in [1.165, 1.54) is 6.42 Å². The highest BCUT2D eigenvalue weighted by Gasteiger charge is 2.24. The molecule has 0 aliphatic carbocycles. The second-order valence-corrected chi connectivity index (χ2v) is 5.18. The molecular formula is C12H17N5. The largest absolute Gasteiger partial charge is 0.355 e.